The molecule has 2 N–H and O–H groups in total. The minimum Gasteiger partial charge on any atom is -0.464 e. The van der Waals surface area contributed by atoms with Gasteiger partial charge in [0.25, 0.3) is 0 Å². The number of rotatable bonds is 11. The first kappa shape index (κ1) is 32.6. The van der Waals surface area contributed by atoms with Gasteiger partial charge >= 0.3 is 5.97 Å². The summed E-state index contributed by atoms with van der Waals surface area (Å²) in [5.74, 6) is -1.68. The molecule has 0 aromatic heterocycles. The maximum atomic E-state index is 13.4. The van der Waals surface area contributed by atoms with Crippen molar-refractivity contribution in [2.75, 3.05) is 20.7 Å². The molecule has 0 spiro atoms. The lowest BCUT2D eigenvalue weighted by molar-refractivity contribution is -0.148. The van der Waals surface area contributed by atoms with Gasteiger partial charge in [-0.1, -0.05) is 65.0 Å². The molecular weight excluding hydrogens is 470 g/mol. The molecule has 1 rings (SSSR count). The zero-order valence-corrected chi connectivity index (χ0v) is 24.0. The highest BCUT2D eigenvalue weighted by Crippen LogP contribution is 2.21. The summed E-state index contributed by atoms with van der Waals surface area (Å²) in [4.78, 5) is 53.9. The molecule has 212 valence electrons. The third-order valence-corrected chi connectivity index (χ3v) is 6.83. The smallest absolute Gasteiger partial charge is 0.328 e. The van der Waals surface area contributed by atoms with Crippen molar-refractivity contribution < 1.29 is 23.9 Å². The Morgan fingerprint density at radius 2 is 1.73 bits per heavy atom. The van der Waals surface area contributed by atoms with Crippen LogP contribution in [0.4, 0.5) is 0 Å². The minimum atomic E-state index is -0.974. The minimum absolute atomic E-state index is 0.0997. The highest BCUT2D eigenvalue weighted by Gasteiger charge is 2.33. The number of nitrogens with one attached hydrogen (secondary N) is 2. The van der Waals surface area contributed by atoms with E-state index in [2.05, 4.69) is 17.6 Å². The summed E-state index contributed by atoms with van der Waals surface area (Å²) in [5.41, 5.74) is 0. The number of carbonyl (C=O) groups excluding carboxylic acids is 4. The van der Waals surface area contributed by atoms with Gasteiger partial charge in [-0.15, -0.1) is 0 Å². The summed E-state index contributed by atoms with van der Waals surface area (Å²) >= 11 is 0. The lowest BCUT2D eigenvalue weighted by atomic mass is 9.91. The van der Waals surface area contributed by atoms with Crippen molar-refractivity contribution in [2.45, 2.75) is 110 Å². The van der Waals surface area contributed by atoms with Crippen LogP contribution in [0.3, 0.4) is 0 Å². The van der Waals surface area contributed by atoms with Gasteiger partial charge in [-0.05, 0) is 51.4 Å². The van der Waals surface area contributed by atoms with E-state index in [4.69, 9.17) is 4.74 Å². The summed E-state index contributed by atoms with van der Waals surface area (Å²) in [7, 11) is 3.38. The second kappa shape index (κ2) is 18.0. The molecule has 1 aliphatic rings. The molecule has 0 aromatic carbocycles. The molecule has 0 saturated carbocycles. The van der Waals surface area contributed by atoms with E-state index >= 15 is 0 Å². The Hall–Kier alpha value is -2.38. The zero-order chi connectivity index (χ0) is 27.8. The van der Waals surface area contributed by atoms with Gasteiger partial charge in [-0.25, -0.2) is 4.79 Å². The number of allylic oxidation sites excluding steroid dienone is 2. The fraction of sp³-hybridized carbons (Fsp3) is 0.793. The van der Waals surface area contributed by atoms with E-state index in [0.29, 0.717) is 19.3 Å². The van der Waals surface area contributed by atoms with Crippen molar-refractivity contribution in [3.63, 3.8) is 0 Å². The van der Waals surface area contributed by atoms with Crippen LogP contribution in [0.5, 0.6) is 0 Å². The number of esters is 1. The molecule has 2 unspecified atom stereocenters. The Balaban J connectivity index is 3.23. The summed E-state index contributed by atoms with van der Waals surface area (Å²) in [6.07, 6.45) is 12.8. The number of unbranched alkanes of at least 4 members (excludes halogenated alkanes) is 4. The molecule has 0 saturated heterocycles. The fourth-order valence-corrected chi connectivity index (χ4v) is 4.75. The third-order valence-electron chi connectivity index (χ3n) is 6.83. The van der Waals surface area contributed by atoms with Gasteiger partial charge in [0.2, 0.25) is 17.7 Å². The van der Waals surface area contributed by atoms with E-state index in [0.717, 1.165) is 25.7 Å². The van der Waals surface area contributed by atoms with Gasteiger partial charge in [0.1, 0.15) is 12.1 Å². The van der Waals surface area contributed by atoms with Gasteiger partial charge in [0.15, 0.2) is 0 Å². The van der Waals surface area contributed by atoms with Crippen molar-refractivity contribution >= 4 is 23.7 Å². The molecule has 0 radical (unpaired) electrons. The molecule has 0 bridgehead atoms. The zero-order valence-electron chi connectivity index (χ0n) is 24.0. The van der Waals surface area contributed by atoms with Gasteiger partial charge in [0, 0.05) is 25.9 Å². The van der Waals surface area contributed by atoms with E-state index in [1.165, 1.54) is 24.2 Å². The van der Waals surface area contributed by atoms with Crippen LogP contribution in [0.25, 0.3) is 0 Å². The SMILES string of the molecule is CCCCCCCC1CC/C=C\CC(C(=O)N(C)C)C[C@@H](C(=O)OCC)NC(=O)[C@H](CC(C)C)NC1=O. The first-order valence-corrected chi connectivity index (χ1v) is 14.2. The molecule has 37 heavy (non-hydrogen) atoms. The molecule has 0 aromatic rings. The number of ether oxygens (including phenoxy) is 1. The van der Waals surface area contributed by atoms with E-state index < -0.39 is 29.9 Å². The van der Waals surface area contributed by atoms with Gasteiger partial charge in [-0.2, -0.15) is 0 Å². The van der Waals surface area contributed by atoms with Crippen LogP contribution in [0, 0.1) is 17.8 Å². The van der Waals surface area contributed by atoms with Gasteiger partial charge in [-0.3, -0.25) is 14.4 Å². The standard InChI is InChI=1S/C29H51N3O5/c1-7-9-10-11-13-16-22-17-14-12-15-18-23(28(35)32(5)6)20-25(29(36)37-8-2)31-27(34)24(19-21(3)4)30-26(22)33/h12,15,21-25H,7-11,13-14,16-20H2,1-6H3,(H,30,33)(H,31,34)/b15-12-/t22?,23?,24-,25-/m0/s1. The van der Waals surface area contributed by atoms with Crippen molar-refractivity contribution in [3.05, 3.63) is 12.2 Å². The Morgan fingerprint density at radius 1 is 1.03 bits per heavy atom. The van der Waals surface area contributed by atoms with Gasteiger partial charge in [0.05, 0.1) is 6.61 Å². The molecule has 1 heterocycles. The largest absolute Gasteiger partial charge is 0.464 e. The third kappa shape index (κ3) is 12.6. The normalized spacial score (nSPS) is 24.5. The molecule has 8 heteroatoms. The quantitative estimate of drug-likeness (QED) is 0.239. The Labute approximate surface area is 224 Å². The maximum absolute atomic E-state index is 13.4. The monoisotopic (exact) mass is 521 g/mol. The predicted molar refractivity (Wildman–Crippen MR) is 147 cm³/mol. The van der Waals surface area contributed by atoms with Gasteiger partial charge < -0.3 is 20.3 Å². The Kier molecular flexibility index (Phi) is 15.9. The van der Waals surface area contributed by atoms with Crippen molar-refractivity contribution in [1.82, 2.24) is 15.5 Å². The van der Waals surface area contributed by atoms with Crippen LogP contribution >= 0.6 is 0 Å². The summed E-state index contributed by atoms with van der Waals surface area (Å²) in [5, 5.41) is 5.81. The highest BCUT2D eigenvalue weighted by atomic mass is 16.5. The number of nitrogens with zero attached hydrogens (tertiary/aromatic N) is 1. The number of carbonyl (C=O) groups is 4. The Bertz CT molecular complexity index is 750. The van der Waals surface area contributed by atoms with Crippen molar-refractivity contribution in [3.8, 4) is 0 Å². The topological polar surface area (TPSA) is 105 Å². The Morgan fingerprint density at radius 3 is 2.35 bits per heavy atom. The summed E-state index contributed by atoms with van der Waals surface area (Å²) < 4.78 is 5.23. The van der Waals surface area contributed by atoms with Crippen LogP contribution in [-0.2, 0) is 23.9 Å². The number of amides is 3. The predicted octanol–water partition coefficient (Wildman–Crippen LogP) is 4.38. The number of hydrogen-bond donors (Lipinski definition) is 2. The summed E-state index contributed by atoms with van der Waals surface area (Å²) in [6, 6.07) is -1.73. The maximum Gasteiger partial charge on any atom is 0.328 e. The molecule has 0 fully saturated rings. The first-order chi connectivity index (χ1) is 17.6. The lowest BCUT2D eigenvalue weighted by Gasteiger charge is -2.28. The van der Waals surface area contributed by atoms with Crippen LogP contribution in [-0.4, -0.2) is 61.4 Å². The fourth-order valence-electron chi connectivity index (χ4n) is 4.75. The van der Waals surface area contributed by atoms with Crippen LogP contribution < -0.4 is 10.6 Å². The van der Waals surface area contributed by atoms with Crippen LogP contribution in [0.1, 0.15) is 98.3 Å². The highest BCUT2D eigenvalue weighted by molar-refractivity contribution is 5.91. The first-order valence-electron chi connectivity index (χ1n) is 14.2. The van der Waals surface area contributed by atoms with E-state index in [1.54, 1.807) is 21.0 Å². The molecule has 0 aliphatic carbocycles. The molecule has 8 nitrogen and oxygen atoms in total. The molecular formula is C29H51N3O5. The average molecular weight is 522 g/mol. The lowest BCUT2D eigenvalue weighted by Crippen LogP contribution is -2.54. The van der Waals surface area contributed by atoms with Crippen molar-refractivity contribution in [1.29, 1.82) is 0 Å². The number of hydrogen-bond acceptors (Lipinski definition) is 5. The van der Waals surface area contributed by atoms with E-state index in [1.807, 2.05) is 26.0 Å². The molecule has 3 amide bonds. The summed E-state index contributed by atoms with van der Waals surface area (Å²) in [6.45, 7) is 8.05. The van der Waals surface area contributed by atoms with E-state index in [-0.39, 0.29) is 36.7 Å². The molecule has 4 atom stereocenters. The molecule has 1 aliphatic heterocycles. The average Bonchev–Trinajstić information content (AvgIpc) is 2.83. The van der Waals surface area contributed by atoms with Crippen molar-refractivity contribution in [2.24, 2.45) is 17.8 Å². The van der Waals surface area contributed by atoms with Crippen LogP contribution in [0.2, 0.25) is 0 Å². The van der Waals surface area contributed by atoms with Crippen LogP contribution in [0.15, 0.2) is 12.2 Å². The second-order valence-corrected chi connectivity index (χ2v) is 10.9. The van der Waals surface area contributed by atoms with E-state index in [9.17, 15) is 19.2 Å². The second-order valence-electron chi connectivity index (χ2n) is 10.9.